The van der Waals surface area contributed by atoms with Gasteiger partial charge in [0.1, 0.15) is 5.15 Å². The Morgan fingerprint density at radius 3 is 2.85 bits per heavy atom. The van der Waals surface area contributed by atoms with Crippen LogP contribution in [0.3, 0.4) is 0 Å². The maximum Gasteiger partial charge on any atom is 0.253 e. The fourth-order valence-corrected chi connectivity index (χ4v) is 1.71. The fraction of sp³-hybridized carbons (Fsp3) is 0.154. The van der Waals surface area contributed by atoms with E-state index < -0.39 is 0 Å². The number of nitrogens with zero attached hydrogens (tertiary/aromatic N) is 2. The molecule has 2 aromatic heterocycles. The molecule has 2 heterocycles. The van der Waals surface area contributed by atoms with Gasteiger partial charge in [0.25, 0.3) is 5.91 Å². The third-order valence-electron chi connectivity index (χ3n) is 2.61. The van der Waals surface area contributed by atoms with E-state index in [-0.39, 0.29) is 16.7 Å². The summed E-state index contributed by atoms with van der Waals surface area (Å²) in [6, 6.07) is 4.96. The Morgan fingerprint density at radius 2 is 2.20 bits per heavy atom. The van der Waals surface area contributed by atoms with Crippen LogP contribution in [0.1, 0.15) is 15.9 Å². The number of aromatic nitrogens is 2. The van der Waals surface area contributed by atoms with Crippen LogP contribution >= 0.6 is 11.6 Å². The van der Waals surface area contributed by atoms with Gasteiger partial charge in [-0.15, -0.1) is 0 Å². The first-order valence-electron chi connectivity index (χ1n) is 5.78. The van der Waals surface area contributed by atoms with Gasteiger partial charge in [0.2, 0.25) is 5.88 Å². The number of hydrogen-bond acceptors (Lipinski definition) is 5. The second-order valence-corrected chi connectivity index (χ2v) is 4.37. The Balaban J connectivity index is 2.02. The highest BCUT2D eigenvalue weighted by Crippen LogP contribution is 2.15. The summed E-state index contributed by atoms with van der Waals surface area (Å²) in [5.74, 6) is 0.202. The number of methoxy groups -OCH3 is 1. The molecule has 0 bridgehead atoms. The van der Waals surface area contributed by atoms with Crippen molar-refractivity contribution in [3.63, 3.8) is 0 Å². The van der Waals surface area contributed by atoms with Gasteiger partial charge >= 0.3 is 0 Å². The van der Waals surface area contributed by atoms with Gasteiger partial charge in [-0.05, 0) is 11.6 Å². The number of halogens is 1. The minimum absolute atomic E-state index is 0.218. The summed E-state index contributed by atoms with van der Waals surface area (Å²) in [5, 5.41) is 2.95. The molecule has 0 aromatic carbocycles. The van der Waals surface area contributed by atoms with E-state index in [1.807, 2.05) is 6.07 Å². The number of carbonyl (C=O) groups excluding carboxylic acids is 1. The van der Waals surface area contributed by atoms with Crippen molar-refractivity contribution in [1.29, 1.82) is 0 Å². The van der Waals surface area contributed by atoms with Crippen molar-refractivity contribution in [3.05, 3.63) is 46.9 Å². The molecule has 0 saturated heterocycles. The van der Waals surface area contributed by atoms with Gasteiger partial charge < -0.3 is 15.8 Å². The summed E-state index contributed by atoms with van der Waals surface area (Å²) in [6.07, 6.45) is 2.98. The standard InChI is InChI=1S/C13H13ClN4O2/c1-20-12-3-2-8(5-17-12)6-18-13(19)9-4-11(14)16-7-10(9)15/h2-5,7H,6,15H2,1H3,(H,18,19). The number of nitrogens with one attached hydrogen (secondary N) is 1. The minimum Gasteiger partial charge on any atom is -0.481 e. The van der Waals surface area contributed by atoms with E-state index in [1.54, 1.807) is 19.4 Å². The molecule has 2 rings (SSSR count). The zero-order valence-electron chi connectivity index (χ0n) is 10.8. The lowest BCUT2D eigenvalue weighted by molar-refractivity contribution is 0.0951. The van der Waals surface area contributed by atoms with Crippen LogP contribution in [0.15, 0.2) is 30.6 Å². The topological polar surface area (TPSA) is 90.1 Å². The average Bonchev–Trinajstić information content (AvgIpc) is 2.47. The number of nitrogen functional groups attached to an aromatic ring is 1. The lowest BCUT2D eigenvalue weighted by atomic mass is 10.2. The van der Waals surface area contributed by atoms with Crippen LogP contribution in [0.5, 0.6) is 5.88 Å². The van der Waals surface area contributed by atoms with E-state index in [1.165, 1.54) is 12.3 Å². The maximum absolute atomic E-state index is 12.0. The zero-order chi connectivity index (χ0) is 14.5. The predicted octanol–water partition coefficient (Wildman–Crippen LogP) is 1.65. The van der Waals surface area contributed by atoms with Gasteiger partial charge in [-0.25, -0.2) is 9.97 Å². The Kier molecular flexibility index (Phi) is 4.37. The molecular weight excluding hydrogens is 280 g/mol. The van der Waals surface area contributed by atoms with Crippen LogP contribution in [0, 0.1) is 0 Å². The van der Waals surface area contributed by atoms with Crippen LogP contribution in [-0.2, 0) is 6.54 Å². The second-order valence-electron chi connectivity index (χ2n) is 3.99. The van der Waals surface area contributed by atoms with Gasteiger partial charge in [-0.1, -0.05) is 17.7 Å². The van der Waals surface area contributed by atoms with E-state index in [4.69, 9.17) is 22.1 Å². The SMILES string of the molecule is COc1ccc(CNC(=O)c2cc(Cl)ncc2N)cn1. The molecule has 3 N–H and O–H groups in total. The maximum atomic E-state index is 12.0. The Labute approximate surface area is 120 Å². The lowest BCUT2D eigenvalue weighted by Gasteiger charge is -2.08. The molecule has 1 amide bonds. The molecular formula is C13H13ClN4O2. The van der Waals surface area contributed by atoms with Crippen molar-refractivity contribution < 1.29 is 9.53 Å². The smallest absolute Gasteiger partial charge is 0.253 e. The largest absolute Gasteiger partial charge is 0.481 e. The molecule has 0 fully saturated rings. The first-order valence-corrected chi connectivity index (χ1v) is 6.16. The van der Waals surface area contributed by atoms with Gasteiger partial charge in [0.15, 0.2) is 0 Å². The van der Waals surface area contributed by atoms with Crippen molar-refractivity contribution in [2.24, 2.45) is 0 Å². The number of amides is 1. The summed E-state index contributed by atoms with van der Waals surface area (Å²) < 4.78 is 4.96. The van der Waals surface area contributed by atoms with E-state index in [2.05, 4.69) is 15.3 Å². The molecule has 0 unspecified atom stereocenters. The highest BCUT2D eigenvalue weighted by Gasteiger charge is 2.10. The predicted molar refractivity (Wildman–Crippen MR) is 75.6 cm³/mol. The van der Waals surface area contributed by atoms with Gasteiger partial charge in [-0.3, -0.25) is 4.79 Å². The van der Waals surface area contributed by atoms with E-state index in [0.717, 1.165) is 5.56 Å². The van der Waals surface area contributed by atoms with Crippen molar-refractivity contribution in [1.82, 2.24) is 15.3 Å². The Morgan fingerprint density at radius 1 is 1.40 bits per heavy atom. The summed E-state index contributed by atoms with van der Waals surface area (Å²) in [7, 11) is 1.54. The van der Waals surface area contributed by atoms with E-state index >= 15 is 0 Å². The normalized spacial score (nSPS) is 10.1. The monoisotopic (exact) mass is 292 g/mol. The number of pyridine rings is 2. The Hall–Kier alpha value is -2.34. The molecule has 0 spiro atoms. The first kappa shape index (κ1) is 14.1. The second kappa shape index (κ2) is 6.21. The van der Waals surface area contributed by atoms with E-state index in [0.29, 0.717) is 18.0 Å². The molecule has 0 radical (unpaired) electrons. The molecule has 2 aromatic rings. The summed E-state index contributed by atoms with van der Waals surface area (Å²) in [6.45, 7) is 0.329. The van der Waals surface area contributed by atoms with Gasteiger partial charge in [0.05, 0.1) is 24.6 Å². The molecule has 0 aliphatic carbocycles. The number of rotatable bonds is 4. The summed E-state index contributed by atoms with van der Waals surface area (Å²) >= 11 is 5.74. The summed E-state index contributed by atoms with van der Waals surface area (Å²) in [5.41, 5.74) is 7.11. The lowest BCUT2D eigenvalue weighted by Crippen LogP contribution is -2.24. The summed E-state index contributed by atoms with van der Waals surface area (Å²) in [4.78, 5) is 19.8. The molecule has 6 nitrogen and oxygen atoms in total. The van der Waals surface area contributed by atoms with Crippen LogP contribution in [0.2, 0.25) is 5.15 Å². The van der Waals surface area contributed by atoms with Crippen molar-refractivity contribution in [2.75, 3.05) is 12.8 Å². The fourth-order valence-electron chi connectivity index (χ4n) is 1.55. The first-order chi connectivity index (χ1) is 9.60. The van der Waals surface area contributed by atoms with Crippen LogP contribution in [-0.4, -0.2) is 23.0 Å². The number of nitrogens with two attached hydrogens (primary N) is 1. The number of ether oxygens (including phenoxy) is 1. The molecule has 7 heteroatoms. The van der Waals surface area contributed by atoms with Crippen LogP contribution in [0.25, 0.3) is 0 Å². The third-order valence-corrected chi connectivity index (χ3v) is 2.81. The van der Waals surface area contributed by atoms with Gasteiger partial charge in [-0.2, -0.15) is 0 Å². The van der Waals surface area contributed by atoms with Crippen LogP contribution in [0.4, 0.5) is 5.69 Å². The third kappa shape index (κ3) is 3.36. The molecule has 104 valence electrons. The number of carbonyl (C=O) groups is 1. The quantitative estimate of drug-likeness (QED) is 0.836. The highest BCUT2D eigenvalue weighted by molar-refractivity contribution is 6.29. The van der Waals surface area contributed by atoms with Crippen molar-refractivity contribution in [3.8, 4) is 5.88 Å². The molecule has 20 heavy (non-hydrogen) atoms. The highest BCUT2D eigenvalue weighted by atomic mass is 35.5. The molecule has 0 aliphatic rings. The number of hydrogen-bond donors (Lipinski definition) is 2. The molecule has 0 saturated carbocycles. The van der Waals surface area contributed by atoms with E-state index in [9.17, 15) is 4.79 Å². The Bertz CT molecular complexity index is 616. The zero-order valence-corrected chi connectivity index (χ0v) is 11.5. The number of anilines is 1. The minimum atomic E-state index is -0.317. The average molecular weight is 293 g/mol. The molecule has 0 atom stereocenters. The van der Waals surface area contributed by atoms with Gasteiger partial charge in [0, 0.05) is 18.8 Å². The van der Waals surface area contributed by atoms with Crippen molar-refractivity contribution >= 4 is 23.2 Å². The van der Waals surface area contributed by atoms with Crippen LogP contribution < -0.4 is 15.8 Å². The molecule has 0 aliphatic heterocycles. The van der Waals surface area contributed by atoms with Crippen molar-refractivity contribution in [2.45, 2.75) is 6.54 Å².